The minimum atomic E-state index is -1.11. The third-order valence-electron chi connectivity index (χ3n) is 2.16. The van der Waals surface area contributed by atoms with Crippen molar-refractivity contribution in [2.75, 3.05) is 0 Å². The Kier molecular flexibility index (Phi) is 15.3. The van der Waals surface area contributed by atoms with Gasteiger partial charge in [-0.2, -0.15) is 0 Å². The van der Waals surface area contributed by atoms with E-state index in [1.165, 1.54) is 11.1 Å². The van der Waals surface area contributed by atoms with Gasteiger partial charge in [-0.05, 0) is 40.5 Å². The van der Waals surface area contributed by atoms with Crippen LogP contribution in [0, 0.1) is 18.8 Å². The van der Waals surface area contributed by atoms with Crippen LogP contribution in [0.1, 0.15) is 61.8 Å². The van der Waals surface area contributed by atoms with Gasteiger partial charge in [0.2, 0.25) is 0 Å². The summed E-state index contributed by atoms with van der Waals surface area (Å²) in [6, 6.07) is 0. The van der Waals surface area contributed by atoms with Crippen molar-refractivity contribution in [1.29, 1.82) is 0 Å². The Bertz CT molecular complexity index is 257. The third kappa shape index (κ3) is 15.0. The fourth-order valence-electron chi connectivity index (χ4n) is 1.62. The molecule has 0 aliphatic rings. The molecule has 0 saturated carbocycles. The van der Waals surface area contributed by atoms with Gasteiger partial charge in [-0.25, -0.2) is 4.39 Å². The van der Waals surface area contributed by atoms with Crippen LogP contribution in [0.5, 0.6) is 0 Å². The highest BCUT2D eigenvalue weighted by Gasteiger charge is 2.19. The highest BCUT2D eigenvalue weighted by atomic mass is 19.1. The maximum absolute atomic E-state index is 13.5. The van der Waals surface area contributed by atoms with Crippen molar-refractivity contribution in [3.63, 3.8) is 0 Å². The number of hydrogen-bond acceptors (Lipinski definition) is 0. The summed E-state index contributed by atoms with van der Waals surface area (Å²) in [5.41, 5.74) is 1.36. The van der Waals surface area contributed by atoms with Crippen molar-refractivity contribution in [2.45, 2.75) is 67.5 Å². The summed E-state index contributed by atoms with van der Waals surface area (Å²) in [6.07, 6.45) is 12.7. The van der Waals surface area contributed by atoms with Gasteiger partial charge in [-0.3, -0.25) is 0 Å². The van der Waals surface area contributed by atoms with Gasteiger partial charge in [0, 0.05) is 6.42 Å². The van der Waals surface area contributed by atoms with E-state index in [-0.39, 0.29) is 0 Å². The molecular formula is C17H31F. The van der Waals surface area contributed by atoms with Crippen molar-refractivity contribution in [2.24, 2.45) is 5.92 Å². The molecule has 0 aromatic rings. The average molecular weight is 254 g/mol. The smallest absolute Gasteiger partial charge is 0.109 e. The van der Waals surface area contributed by atoms with Gasteiger partial charge < -0.3 is 0 Å². The topological polar surface area (TPSA) is 0 Å². The molecule has 1 atom stereocenters. The Balaban J connectivity index is -0.000000506. The zero-order valence-electron chi connectivity index (χ0n) is 13.5. The van der Waals surface area contributed by atoms with E-state index < -0.39 is 5.67 Å². The van der Waals surface area contributed by atoms with Gasteiger partial charge >= 0.3 is 0 Å². The molecule has 0 spiro atoms. The lowest BCUT2D eigenvalue weighted by atomic mass is 9.90. The molecule has 18 heavy (non-hydrogen) atoms. The van der Waals surface area contributed by atoms with Gasteiger partial charge in [-0.15, -0.1) is 12.8 Å². The number of allylic oxidation sites excluding steroid dienone is 4. The predicted molar refractivity (Wildman–Crippen MR) is 83.4 cm³/mol. The fraction of sp³-hybridized carbons (Fsp3) is 0.647. The van der Waals surface area contributed by atoms with Crippen molar-refractivity contribution in [1.82, 2.24) is 0 Å². The second-order valence-corrected chi connectivity index (χ2v) is 4.79. The van der Waals surface area contributed by atoms with Gasteiger partial charge in [0.15, 0.2) is 0 Å². The van der Waals surface area contributed by atoms with E-state index in [9.17, 15) is 4.39 Å². The summed E-state index contributed by atoms with van der Waals surface area (Å²) in [4.78, 5) is 0. The summed E-state index contributed by atoms with van der Waals surface area (Å²) in [6.45, 7) is 15.5. The molecule has 0 radical (unpaired) electrons. The van der Waals surface area contributed by atoms with Gasteiger partial charge in [0.25, 0.3) is 0 Å². The Morgan fingerprint density at radius 2 is 1.61 bits per heavy atom. The zero-order valence-corrected chi connectivity index (χ0v) is 13.5. The molecule has 0 unspecified atom stereocenters. The molecule has 0 rings (SSSR count). The molecule has 0 heterocycles. The zero-order chi connectivity index (χ0) is 15.4. The summed E-state index contributed by atoms with van der Waals surface area (Å²) >= 11 is 0. The fourth-order valence-corrected chi connectivity index (χ4v) is 1.62. The van der Waals surface area contributed by atoms with Crippen LogP contribution in [-0.2, 0) is 0 Å². The molecule has 0 aromatic carbocycles. The van der Waals surface area contributed by atoms with E-state index >= 15 is 0 Å². The largest absolute Gasteiger partial charge is 0.244 e. The van der Waals surface area contributed by atoms with E-state index in [4.69, 9.17) is 0 Å². The Hall–Kier alpha value is -1.03. The molecule has 0 amide bonds. The van der Waals surface area contributed by atoms with Gasteiger partial charge in [0.05, 0.1) is 0 Å². The summed E-state index contributed by atoms with van der Waals surface area (Å²) in [5, 5.41) is 0. The summed E-state index contributed by atoms with van der Waals surface area (Å²) in [7, 11) is 0. The Labute approximate surface area is 114 Å². The number of terminal acetylenes is 1. The highest BCUT2D eigenvalue weighted by Crippen LogP contribution is 2.26. The minimum Gasteiger partial charge on any atom is -0.244 e. The van der Waals surface area contributed by atoms with Crippen molar-refractivity contribution >= 4 is 0 Å². The molecule has 0 fully saturated rings. The molecule has 106 valence electrons. The second-order valence-electron chi connectivity index (χ2n) is 4.79. The van der Waals surface area contributed by atoms with Crippen LogP contribution in [0.3, 0.4) is 0 Å². The van der Waals surface area contributed by atoms with Crippen LogP contribution in [-0.4, -0.2) is 5.67 Å². The minimum absolute atomic E-state index is 0.347. The normalized spacial score (nSPS) is 12.3. The van der Waals surface area contributed by atoms with E-state index in [1.807, 2.05) is 26.8 Å². The second kappa shape index (κ2) is 12.4. The number of alkyl halides is 1. The van der Waals surface area contributed by atoms with Crippen molar-refractivity contribution in [3.05, 3.63) is 23.3 Å². The van der Waals surface area contributed by atoms with Crippen LogP contribution < -0.4 is 0 Å². The van der Waals surface area contributed by atoms with Crippen LogP contribution in [0.15, 0.2) is 23.3 Å². The molecule has 1 heteroatoms. The van der Waals surface area contributed by atoms with Crippen LogP contribution in [0.4, 0.5) is 4.39 Å². The third-order valence-corrected chi connectivity index (χ3v) is 2.16. The van der Waals surface area contributed by atoms with E-state index in [0.717, 1.165) is 0 Å². The maximum atomic E-state index is 13.5. The van der Waals surface area contributed by atoms with Crippen LogP contribution >= 0.6 is 0 Å². The summed E-state index contributed by atoms with van der Waals surface area (Å²) in [5.74, 6) is 0.347. The van der Waals surface area contributed by atoms with E-state index in [0.29, 0.717) is 12.3 Å². The SMILES string of the molecule is C#C.C/C=C(/CC(C)(C)F)[C@H](C)C=C(C)C.CC. The Morgan fingerprint density at radius 1 is 1.22 bits per heavy atom. The predicted octanol–water partition coefficient (Wildman–Crippen LogP) is 5.95. The van der Waals surface area contributed by atoms with Crippen molar-refractivity contribution in [3.8, 4) is 12.8 Å². The first-order chi connectivity index (χ1) is 8.26. The quantitative estimate of drug-likeness (QED) is 0.429. The number of halogens is 1. The number of hydrogen-bond donors (Lipinski definition) is 0. The lowest BCUT2D eigenvalue weighted by Crippen LogP contribution is -2.15. The maximum Gasteiger partial charge on any atom is 0.109 e. The lowest BCUT2D eigenvalue weighted by molar-refractivity contribution is 0.213. The molecule has 0 aliphatic carbocycles. The highest BCUT2D eigenvalue weighted by molar-refractivity contribution is 5.15. The van der Waals surface area contributed by atoms with Crippen LogP contribution in [0.25, 0.3) is 0 Å². The molecule has 0 bridgehead atoms. The molecule has 0 aromatic heterocycles. The monoisotopic (exact) mass is 254 g/mol. The molecule has 0 aliphatic heterocycles. The van der Waals surface area contributed by atoms with E-state index in [1.54, 1.807) is 13.8 Å². The van der Waals surface area contributed by atoms with Gasteiger partial charge in [-0.1, -0.05) is 44.1 Å². The van der Waals surface area contributed by atoms with E-state index in [2.05, 4.69) is 39.7 Å². The number of rotatable bonds is 4. The Morgan fingerprint density at radius 3 is 1.83 bits per heavy atom. The van der Waals surface area contributed by atoms with Gasteiger partial charge in [0.1, 0.15) is 5.67 Å². The molecule has 0 saturated heterocycles. The first-order valence-electron chi connectivity index (χ1n) is 6.58. The molecular weight excluding hydrogens is 223 g/mol. The molecule has 0 N–H and O–H groups in total. The first-order valence-corrected chi connectivity index (χ1v) is 6.58. The van der Waals surface area contributed by atoms with Crippen molar-refractivity contribution < 1.29 is 4.39 Å². The standard InChI is InChI=1S/C13H23F.C2H6.C2H2/c1-7-12(9-13(5,6)14)11(4)8-10(2)3;2*1-2/h7-8,11H,9H2,1-6H3;1-2H3;1-2H/b12-7-;;/t11-;;/m1../s1. The first kappa shape index (κ1) is 22.2. The summed E-state index contributed by atoms with van der Waals surface area (Å²) < 4.78 is 13.5. The van der Waals surface area contributed by atoms with Crippen LogP contribution in [0.2, 0.25) is 0 Å². The molecule has 0 nitrogen and oxygen atoms in total. The lowest BCUT2D eigenvalue weighted by Gasteiger charge is -2.20. The average Bonchev–Trinajstić information content (AvgIpc) is 2.29.